The van der Waals surface area contributed by atoms with Crippen LogP contribution in [0.25, 0.3) is 11.3 Å². The third-order valence-electron chi connectivity index (χ3n) is 7.83. The van der Waals surface area contributed by atoms with E-state index in [1.165, 1.54) is 0 Å². The van der Waals surface area contributed by atoms with Gasteiger partial charge in [0.25, 0.3) is 0 Å². The maximum Gasteiger partial charge on any atom is 0.404 e. The number of nitrogens with zero attached hydrogens (tertiary/aromatic N) is 6. The molecule has 2 saturated heterocycles. The molecule has 2 aliphatic heterocycles. The molecule has 0 saturated carbocycles. The average molecular weight is 601 g/mol. The van der Waals surface area contributed by atoms with Crippen molar-refractivity contribution in [1.82, 2.24) is 30.1 Å². The minimum atomic E-state index is -0.974. The summed E-state index contributed by atoms with van der Waals surface area (Å²) in [5.74, 6) is 1.96. The first kappa shape index (κ1) is 29.3. The number of hydrogen-bond acceptors (Lipinski definition) is 8. The predicted octanol–water partition coefficient (Wildman–Crippen LogP) is 5.43. The van der Waals surface area contributed by atoms with E-state index < -0.39 is 6.09 Å². The van der Waals surface area contributed by atoms with Gasteiger partial charge in [0.1, 0.15) is 0 Å². The SMILES string of the molecule is CC(c1cc(Oc2cnc(N3CCN(C)CC3)nc2)nc(-c2cc(Cl)cc(Cl)c2)c1)N1CCC(CNC(=O)O)CC1. The van der Waals surface area contributed by atoms with E-state index >= 15 is 0 Å². The van der Waals surface area contributed by atoms with Crippen molar-refractivity contribution in [3.05, 3.63) is 58.3 Å². The Balaban J connectivity index is 1.36. The molecule has 0 radical (unpaired) electrons. The lowest BCUT2D eigenvalue weighted by molar-refractivity contribution is 0.137. The molecule has 2 aromatic heterocycles. The van der Waals surface area contributed by atoms with Crippen LogP contribution < -0.4 is 15.0 Å². The van der Waals surface area contributed by atoms with E-state index in [1.54, 1.807) is 18.5 Å². The number of rotatable bonds is 8. The van der Waals surface area contributed by atoms with Gasteiger partial charge in [-0.3, -0.25) is 4.90 Å². The lowest BCUT2D eigenvalue weighted by Crippen LogP contribution is -2.45. The fraction of sp³-hybridized carbons (Fsp3) is 0.448. The van der Waals surface area contributed by atoms with E-state index in [2.05, 4.69) is 44.0 Å². The van der Waals surface area contributed by atoms with Crippen molar-refractivity contribution in [2.24, 2.45) is 5.92 Å². The Bertz CT molecular complexity index is 1320. The Morgan fingerprint density at radius 3 is 2.32 bits per heavy atom. The highest BCUT2D eigenvalue weighted by Gasteiger charge is 2.25. The molecule has 1 aromatic carbocycles. The van der Waals surface area contributed by atoms with Gasteiger partial charge in [-0.2, -0.15) is 0 Å². The summed E-state index contributed by atoms with van der Waals surface area (Å²) in [6.45, 7) is 8.11. The summed E-state index contributed by atoms with van der Waals surface area (Å²) in [4.78, 5) is 31.6. The van der Waals surface area contributed by atoms with Gasteiger partial charge in [0.15, 0.2) is 5.75 Å². The Labute approximate surface area is 250 Å². The normalized spacial score (nSPS) is 17.8. The Morgan fingerprint density at radius 1 is 1.02 bits per heavy atom. The number of benzene rings is 1. The van der Waals surface area contributed by atoms with Gasteiger partial charge >= 0.3 is 6.09 Å². The second-order valence-electron chi connectivity index (χ2n) is 10.7. The van der Waals surface area contributed by atoms with Crippen LogP contribution in [-0.4, -0.2) is 88.8 Å². The van der Waals surface area contributed by atoms with Crippen molar-refractivity contribution < 1.29 is 14.6 Å². The highest BCUT2D eigenvalue weighted by Crippen LogP contribution is 2.34. The Kier molecular flexibility index (Phi) is 9.44. The lowest BCUT2D eigenvalue weighted by atomic mass is 9.94. The molecule has 3 aromatic rings. The third kappa shape index (κ3) is 7.77. The summed E-state index contributed by atoms with van der Waals surface area (Å²) < 4.78 is 6.20. The molecule has 1 unspecified atom stereocenters. The Morgan fingerprint density at radius 2 is 1.68 bits per heavy atom. The molecule has 1 atom stereocenters. The molecule has 12 heteroatoms. The van der Waals surface area contributed by atoms with Gasteiger partial charge in [-0.05, 0) is 75.6 Å². The number of carboxylic acid groups (broad SMARTS) is 1. The molecule has 0 aliphatic carbocycles. The highest BCUT2D eigenvalue weighted by atomic mass is 35.5. The summed E-state index contributed by atoms with van der Waals surface area (Å²) >= 11 is 12.6. The van der Waals surface area contributed by atoms with Gasteiger partial charge in [-0.15, -0.1) is 0 Å². The van der Waals surface area contributed by atoms with Crippen molar-refractivity contribution in [3.63, 3.8) is 0 Å². The summed E-state index contributed by atoms with van der Waals surface area (Å²) in [5.41, 5.74) is 2.53. The molecule has 2 aliphatic rings. The lowest BCUT2D eigenvalue weighted by Gasteiger charge is -2.36. The van der Waals surface area contributed by atoms with Crippen molar-refractivity contribution in [2.75, 3.05) is 57.8 Å². The number of piperidine rings is 1. The fourth-order valence-corrected chi connectivity index (χ4v) is 5.83. The first-order valence-corrected chi connectivity index (χ1v) is 14.6. The van der Waals surface area contributed by atoms with Crippen LogP contribution in [0.1, 0.15) is 31.4 Å². The van der Waals surface area contributed by atoms with Crippen molar-refractivity contribution in [3.8, 4) is 22.9 Å². The number of likely N-dealkylation sites (tertiary alicyclic amines) is 1. The molecule has 218 valence electrons. The van der Waals surface area contributed by atoms with E-state index in [4.69, 9.17) is 38.0 Å². The van der Waals surface area contributed by atoms with E-state index in [0.29, 0.717) is 45.8 Å². The zero-order valence-corrected chi connectivity index (χ0v) is 24.8. The number of anilines is 1. The monoisotopic (exact) mass is 599 g/mol. The van der Waals surface area contributed by atoms with Crippen molar-refractivity contribution >= 4 is 35.2 Å². The topological polar surface area (TPSA) is 107 Å². The molecular weight excluding hydrogens is 565 g/mol. The van der Waals surface area contributed by atoms with Gasteiger partial charge < -0.3 is 25.0 Å². The largest absolute Gasteiger partial charge is 0.465 e. The van der Waals surface area contributed by atoms with Crippen LogP contribution in [0.2, 0.25) is 10.0 Å². The number of piperazine rings is 1. The van der Waals surface area contributed by atoms with Crippen LogP contribution >= 0.6 is 23.2 Å². The predicted molar refractivity (Wildman–Crippen MR) is 160 cm³/mol. The number of carbonyl (C=O) groups is 1. The van der Waals surface area contributed by atoms with Crippen LogP contribution in [0.15, 0.2) is 42.7 Å². The first-order valence-electron chi connectivity index (χ1n) is 13.9. The smallest absolute Gasteiger partial charge is 0.404 e. The van der Waals surface area contributed by atoms with Crippen LogP contribution in [-0.2, 0) is 0 Å². The molecule has 41 heavy (non-hydrogen) atoms. The number of likely N-dealkylation sites (N-methyl/N-ethyl adjacent to an activating group) is 1. The summed E-state index contributed by atoms with van der Waals surface area (Å²) in [6.07, 6.45) is 4.24. The number of ether oxygens (including phenoxy) is 1. The van der Waals surface area contributed by atoms with Crippen molar-refractivity contribution in [2.45, 2.75) is 25.8 Å². The van der Waals surface area contributed by atoms with Crippen LogP contribution in [0.4, 0.5) is 10.7 Å². The number of nitrogens with one attached hydrogen (secondary N) is 1. The number of pyridine rings is 1. The maximum absolute atomic E-state index is 10.9. The molecule has 0 bridgehead atoms. The van der Waals surface area contributed by atoms with E-state index in [-0.39, 0.29) is 6.04 Å². The molecule has 2 fully saturated rings. The summed E-state index contributed by atoms with van der Waals surface area (Å²) in [6, 6.07) is 9.44. The second-order valence-corrected chi connectivity index (χ2v) is 11.6. The van der Waals surface area contributed by atoms with Crippen LogP contribution in [0.5, 0.6) is 11.6 Å². The van der Waals surface area contributed by atoms with Gasteiger partial charge in [-0.25, -0.2) is 19.7 Å². The molecule has 10 nitrogen and oxygen atoms in total. The molecule has 5 rings (SSSR count). The quantitative estimate of drug-likeness (QED) is 0.350. The average Bonchev–Trinajstić information content (AvgIpc) is 2.96. The van der Waals surface area contributed by atoms with Crippen molar-refractivity contribution in [1.29, 1.82) is 0 Å². The number of halogens is 2. The van der Waals surface area contributed by atoms with Crippen LogP contribution in [0, 0.1) is 5.92 Å². The fourth-order valence-electron chi connectivity index (χ4n) is 5.31. The minimum absolute atomic E-state index is 0.0815. The third-order valence-corrected chi connectivity index (χ3v) is 8.26. The molecule has 2 N–H and O–H groups in total. The maximum atomic E-state index is 10.9. The highest BCUT2D eigenvalue weighted by molar-refractivity contribution is 6.35. The van der Waals surface area contributed by atoms with Crippen LogP contribution in [0.3, 0.4) is 0 Å². The molecule has 0 spiro atoms. The molecular formula is C29H35Cl2N7O3. The standard InChI is InChI=1S/C29H35Cl2N7O3/c1-19(37-5-3-20(4-6-37)16-34-29(39)40)21-13-26(22-11-23(30)15-24(31)12-22)35-27(14-21)41-25-17-32-28(33-18-25)38-9-7-36(2)8-10-38/h11-15,17-20,34H,3-10,16H2,1-2H3,(H,39,40). The number of aromatic nitrogens is 3. The van der Waals surface area contributed by atoms with Gasteiger partial charge in [0.2, 0.25) is 11.8 Å². The summed E-state index contributed by atoms with van der Waals surface area (Å²) in [5, 5.41) is 12.5. The summed E-state index contributed by atoms with van der Waals surface area (Å²) in [7, 11) is 2.12. The van der Waals surface area contributed by atoms with E-state index in [1.807, 2.05) is 24.3 Å². The zero-order valence-electron chi connectivity index (χ0n) is 23.3. The second kappa shape index (κ2) is 13.2. The zero-order chi connectivity index (χ0) is 28.9. The molecule has 4 heterocycles. The number of hydrogen-bond donors (Lipinski definition) is 2. The van der Waals surface area contributed by atoms with Gasteiger partial charge in [0.05, 0.1) is 18.1 Å². The van der Waals surface area contributed by atoms with Gasteiger partial charge in [0, 0.05) is 60.4 Å². The first-order chi connectivity index (χ1) is 19.7. The van der Waals surface area contributed by atoms with E-state index in [9.17, 15) is 4.79 Å². The number of amides is 1. The van der Waals surface area contributed by atoms with E-state index in [0.717, 1.165) is 63.2 Å². The minimum Gasteiger partial charge on any atom is -0.465 e. The molecule has 1 amide bonds. The Hall–Kier alpha value is -3.18. The van der Waals surface area contributed by atoms with Gasteiger partial charge in [-0.1, -0.05) is 23.2 Å².